The number of aryl methyl sites for hydroxylation is 2. The minimum atomic E-state index is -0.827. The molecule has 0 saturated carbocycles. The number of rotatable bonds is 7. The van der Waals surface area contributed by atoms with Crippen LogP contribution in [0.2, 0.25) is 0 Å². The normalized spacial score (nSPS) is 12.2. The van der Waals surface area contributed by atoms with Crippen LogP contribution in [0.4, 0.5) is 4.79 Å². The number of alkyl carbamates (subject to hydrolysis) is 1. The second-order valence-corrected chi connectivity index (χ2v) is 9.20. The summed E-state index contributed by atoms with van der Waals surface area (Å²) in [7, 11) is 3.68. The number of nitrogens with zero attached hydrogens (tertiary/aromatic N) is 3. The Hall–Kier alpha value is -2.61. The first kappa shape index (κ1) is 23.7. The van der Waals surface area contributed by atoms with Gasteiger partial charge in [-0.2, -0.15) is 4.98 Å². The van der Waals surface area contributed by atoms with Gasteiger partial charge in [0.1, 0.15) is 16.9 Å². The van der Waals surface area contributed by atoms with E-state index in [-0.39, 0.29) is 0 Å². The van der Waals surface area contributed by atoms with Crippen molar-refractivity contribution in [2.24, 2.45) is 0 Å². The molecule has 0 aliphatic rings. The highest BCUT2D eigenvalue weighted by atomic mass is 16.6. The van der Waals surface area contributed by atoms with Gasteiger partial charge in [-0.25, -0.2) is 4.79 Å². The molecule has 0 radical (unpaired) electrons. The van der Waals surface area contributed by atoms with E-state index in [2.05, 4.69) is 32.5 Å². The molecule has 1 heterocycles. The third kappa shape index (κ3) is 6.45. The van der Waals surface area contributed by atoms with E-state index >= 15 is 0 Å². The van der Waals surface area contributed by atoms with E-state index in [0.29, 0.717) is 18.3 Å². The number of carbonyl (C=O) groups excluding carboxylic acids is 1. The lowest BCUT2D eigenvalue weighted by molar-refractivity contribution is 0.0465. The molecule has 8 heteroatoms. The molecule has 2 rings (SSSR count). The van der Waals surface area contributed by atoms with Crippen molar-refractivity contribution in [1.82, 2.24) is 20.4 Å². The Kier molecular flexibility index (Phi) is 7.13. The lowest BCUT2D eigenvalue weighted by Crippen LogP contribution is -2.44. The summed E-state index contributed by atoms with van der Waals surface area (Å²) in [4.78, 5) is 18.7. The average molecular weight is 419 g/mol. The maximum absolute atomic E-state index is 12.1. The lowest BCUT2D eigenvalue weighted by Gasteiger charge is -2.26. The van der Waals surface area contributed by atoms with Crippen LogP contribution in [0.1, 0.15) is 63.0 Å². The number of hydrogen-bond acceptors (Lipinski definition) is 7. The minimum absolute atomic E-state index is 0.396. The Bertz CT molecular complexity index is 860. The van der Waals surface area contributed by atoms with Gasteiger partial charge in [0, 0.05) is 6.54 Å². The number of ether oxygens (including phenoxy) is 2. The van der Waals surface area contributed by atoms with Crippen LogP contribution in [-0.4, -0.2) is 40.9 Å². The number of amides is 1. The first-order valence-corrected chi connectivity index (χ1v) is 9.97. The summed E-state index contributed by atoms with van der Waals surface area (Å²) in [5.74, 6) is 1.80. The molecule has 0 bridgehead atoms. The molecule has 0 atom stereocenters. The number of methoxy groups -OCH3 is 1. The lowest BCUT2D eigenvalue weighted by atomic mass is 10.1. The fourth-order valence-corrected chi connectivity index (χ4v) is 3.24. The first-order chi connectivity index (χ1) is 13.8. The summed E-state index contributed by atoms with van der Waals surface area (Å²) in [5, 5.41) is 6.84. The summed E-state index contributed by atoms with van der Waals surface area (Å²) in [6.45, 7) is 14.3. The van der Waals surface area contributed by atoms with Crippen molar-refractivity contribution >= 4 is 6.09 Å². The molecule has 1 amide bonds. The van der Waals surface area contributed by atoms with Crippen LogP contribution in [-0.2, 0) is 23.4 Å². The van der Waals surface area contributed by atoms with Crippen LogP contribution in [0.3, 0.4) is 0 Å². The third-order valence-corrected chi connectivity index (χ3v) is 4.42. The van der Waals surface area contributed by atoms with Gasteiger partial charge in [-0.05, 0) is 72.2 Å². The van der Waals surface area contributed by atoms with Crippen LogP contribution in [0.15, 0.2) is 16.7 Å². The molecule has 0 spiro atoms. The van der Waals surface area contributed by atoms with Crippen molar-refractivity contribution in [3.63, 3.8) is 0 Å². The van der Waals surface area contributed by atoms with Crippen LogP contribution in [0.5, 0.6) is 5.75 Å². The van der Waals surface area contributed by atoms with E-state index in [4.69, 9.17) is 14.0 Å². The Morgan fingerprint density at radius 1 is 1.13 bits per heavy atom. The molecule has 166 valence electrons. The van der Waals surface area contributed by atoms with Gasteiger partial charge in [-0.15, -0.1) is 0 Å². The van der Waals surface area contributed by atoms with Crippen LogP contribution in [0, 0.1) is 13.8 Å². The van der Waals surface area contributed by atoms with Crippen molar-refractivity contribution in [2.45, 2.75) is 72.7 Å². The largest absolute Gasteiger partial charge is 0.496 e. The van der Waals surface area contributed by atoms with Gasteiger partial charge in [0.25, 0.3) is 0 Å². The van der Waals surface area contributed by atoms with E-state index in [9.17, 15) is 4.79 Å². The van der Waals surface area contributed by atoms with E-state index < -0.39 is 17.2 Å². The van der Waals surface area contributed by atoms with E-state index in [1.165, 1.54) is 5.56 Å². The number of hydrogen-bond donors (Lipinski definition) is 1. The number of aromatic nitrogens is 2. The first-order valence-electron chi connectivity index (χ1n) is 9.97. The van der Waals surface area contributed by atoms with Gasteiger partial charge in [0.15, 0.2) is 5.82 Å². The Morgan fingerprint density at radius 2 is 1.73 bits per heavy atom. The van der Waals surface area contributed by atoms with Gasteiger partial charge in [-0.3, -0.25) is 4.90 Å². The van der Waals surface area contributed by atoms with Crippen LogP contribution in [0.25, 0.3) is 0 Å². The highest BCUT2D eigenvalue weighted by molar-refractivity contribution is 5.68. The van der Waals surface area contributed by atoms with Gasteiger partial charge in [0.2, 0.25) is 5.89 Å². The molecule has 0 unspecified atom stereocenters. The van der Waals surface area contributed by atoms with Gasteiger partial charge in [-0.1, -0.05) is 17.3 Å². The molecule has 0 aliphatic heterocycles. The van der Waals surface area contributed by atoms with Gasteiger partial charge >= 0.3 is 6.09 Å². The van der Waals surface area contributed by atoms with Crippen LogP contribution < -0.4 is 10.1 Å². The smallest absolute Gasteiger partial charge is 0.408 e. The Labute approximate surface area is 178 Å². The molecule has 1 N–H and O–H groups in total. The number of nitrogens with one attached hydrogen (secondary N) is 1. The molecule has 0 aliphatic carbocycles. The topological polar surface area (TPSA) is 89.7 Å². The average Bonchev–Trinajstić information content (AvgIpc) is 3.01. The summed E-state index contributed by atoms with van der Waals surface area (Å²) in [6.07, 6.45) is -0.527. The summed E-state index contributed by atoms with van der Waals surface area (Å²) < 4.78 is 16.2. The SMILES string of the molecule is COc1c(C)cc(CN(C)Cc2nc(C(C)(C)NC(=O)OC(C)(C)C)no2)cc1C. The molecule has 0 saturated heterocycles. The van der Waals surface area contributed by atoms with Crippen molar-refractivity contribution in [1.29, 1.82) is 0 Å². The molecule has 1 aromatic heterocycles. The van der Waals surface area contributed by atoms with Crippen molar-refractivity contribution in [2.75, 3.05) is 14.2 Å². The standard InChI is InChI=1S/C22H34N4O4/c1-14-10-16(11-15(2)18(14)28-9)12-26(8)13-17-23-19(25-30-17)22(6,7)24-20(27)29-21(3,4)5/h10-11H,12-13H2,1-9H3,(H,24,27). The predicted molar refractivity (Wildman–Crippen MR) is 114 cm³/mol. The summed E-state index contributed by atoms with van der Waals surface area (Å²) in [5.41, 5.74) is 1.99. The maximum Gasteiger partial charge on any atom is 0.408 e. The molecular formula is C22H34N4O4. The Morgan fingerprint density at radius 3 is 2.27 bits per heavy atom. The van der Waals surface area contributed by atoms with Crippen LogP contribution >= 0.6 is 0 Å². The molecule has 30 heavy (non-hydrogen) atoms. The van der Waals surface area contributed by atoms with Crippen molar-refractivity contribution in [3.05, 3.63) is 40.5 Å². The fraction of sp³-hybridized carbons (Fsp3) is 0.591. The summed E-state index contributed by atoms with van der Waals surface area (Å²) in [6, 6.07) is 4.24. The molecule has 8 nitrogen and oxygen atoms in total. The zero-order valence-electron chi connectivity index (χ0n) is 19.5. The second-order valence-electron chi connectivity index (χ2n) is 9.20. The third-order valence-electron chi connectivity index (χ3n) is 4.42. The molecule has 2 aromatic rings. The van der Waals surface area contributed by atoms with Gasteiger partial charge in [0.05, 0.1) is 13.7 Å². The fourth-order valence-electron chi connectivity index (χ4n) is 3.24. The monoisotopic (exact) mass is 418 g/mol. The van der Waals surface area contributed by atoms with E-state index in [1.54, 1.807) is 21.0 Å². The maximum atomic E-state index is 12.1. The molecule has 1 aromatic carbocycles. The molecule has 0 fully saturated rings. The predicted octanol–water partition coefficient (Wildman–Crippen LogP) is 4.09. The zero-order chi connectivity index (χ0) is 22.7. The minimum Gasteiger partial charge on any atom is -0.496 e. The number of benzene rings is 1. The highest BCUT2D eigenvalue weighted by Gasteiger charge is 2.31. The Balaban J connectivity index is 2.01. The number of carbonyl (C=O) groups is 1. The van der Waals surface area contributed by atoms with Crippen molar-refractivity contribution < 1.29 is 18.8 Å². The second kappa shape index (κ2) is 9.04. The quantitative estimate of drug-likeness (QED) is 0.724. The molecular weight excluding hydrogens is 384 g/mol. The van der Waals surface area contributed by atoms with E-state index in [1.807, 2.05) is 41.7 Å². The zero-order valence-corrected chi connectivity index (χ0v) is 19.5. The van der Waals surface area contributed by atoms with E-state index in [0.717, 1.165) is 23.4 Å². The van der Waals surface area contributed by atoms with Gasteiger partial charge < -0.3 is 19.3 Å². The summed E-state index contributed by atoms with van der Waals surface area (Å²) >= 11 is 0. The highest BCUT2D eigenvalue weighted by Crippen LogP contribution is 2.25. The van der Waals surface area contributed by atoms with Crippen molar-refractivity contribution in [3.8, 4) is 5.75 Å².